The van der Waals surface area contributed by atoms with Crippen LogP contribution in [-0.4, -0.2) is 57.4 Å². The largest absolute Gasteiger partial charge is 0.366 e. The lowest BCUT2D eigenvalue weighted by Crippen LogP contribution is -2.55. The van der Waals surface area contributed by atoms with Gasteiger partial charge in [-0.15, -0.1) is 0 Å². The lowest BCUT2D eigenvalue weighted by atomic mass is 10.1. The number of anilines is 3. The molecule has 1 fully saturated rings. The summed E-state index contributed by atoms with van der Waals surface area (Å²) < 4.78 is 1.98. The number of hydrogen-bond acceptors (Lipinski definition) is 6. The number of rotatable bonds is 5. The van der Waals surface area contributed by atoms with Gasteiger partial charge in [0, 0.05) is 60.1 Å². The number of carbonyl (C=O) groups is 1. The molecule has 8 heteroatoms. The molecule has 1 amide bonds. The molecular formula is C26H29N7O. The predicted molar refractivity (Wildman–Crippen MR) is 136 cm³/mol. The van der Waals surface area contributed by atoms with E-state index >= 15 is 0 Å². The molecule has 1 saturated heterocycles. The maximum absolute atomic E-state index is 11.4. The molecule has 3 heterocycles. The highest BCUT2D eigenvalue weighted by Gasteiger charge is 2.26. The number of carbonyl (C=O) groups excluding carboxylic acids is 1. The van der Waals surface area contributed by atoms with Crippen molar-refractivity contribution >= 4 is 28.7 Å². The molecular weight excluding hydrogens is 426 g/mol. The first kappa shape index (κ1) is 21.9. The zero-order chi connectivity index (χ0) is 23.8. The third-order valence-corrected chi connectivity index (χ3v) is 6.65. The van der Waals surface area contributed by atoms with Crippen LogP contribution in [0.5, 0.6) is 0 Å². The van der Waals surface area contributed by atoms with E-state index in [4.69, 9.17) is 5.73 Å². The molecule has 8 nitrogen and oxygen atoms in total. The topological polar surface area (TPSA) is 91.8 Å². The van der Waals surface area contributed by atoms with E-state index in [0.29, 0.717) is 23.5 Å². The fourth-order valence-corrected chi connectivity index (χ4v) is 4.56. The normalized spacial score (nSPS) is 18.9. The number of nitrogens with one attached hydrogen (secondary N) is 1. The van der Waals surface area contributed by atoms with E-state index in [0.717, 1.165) is 35.7 Å². The van der Waals surface area contributed by atoms with Crippen molar-refractivity contribution in [1.82, 2.24) is 19.3 Å². The van der Waals surface area contributed by atoms with Crippen molar-refractivity contribution in [3.8, 4) is 11.3 Å². The van der Waals surface area contributed by atoms with Crippen LogP contribution < -0.4 is 16.0 Å². The first-order valence-electron chi connectivity index (χ1n) is 11.5. The summed E-state index contributed by atoms with van der Waals surface area (Å²) in [4.78, 5) is 25.4. The Labute approximate surface area is 199 Å². The minimum Gasteiger partial charge on any atom is -0.366 e. The number of likely N-dealkylation sites (N-methyl/N-ethyl adjacent to an activating group) is 1. The Bertz CT molecular complexity index is 1310. The van der Waals surface area contributed by atoms with Crippen molar-refractivity contribution in [1.29, 1.82) is 0 Å². The van der Waals surface area contributed by atoms with Crippen LogP contribution in [0.15, 0.2) is 67.1 Å². The minimum absolute atomic E-state index is 0.445. The van der Waals surface area contributed by atoms with Crippen molar-refractivity contribution < 1.29 is 4.79 Å². The van der Waals surface area contributed by atoms with Crippen LogP contribution in [0.25, 0.3) is 16.9 Å². The van der Waals surface area contributed by atoms with Crippen LogP contribution in [0, 0.1) is 0 Å². The molecule has 4 aromatic rings. The van der Waals surface area contributed by atoms with E-state index in [2.05, 4.69) is 70.2 Å². The predicted octanol–water partition coefficient (Wildman–Crippen LogP) is 3.77. The number of amides is 1. The van der Waals surface area contributed by atoms with Gasteiger partial charge in [0.25, 0.3) is 0 Å². The minimum atomic E-state index is -0.445. The summed E-state index contributed by atoms with van der Waals surface area (Å²) >= 11 is 0. The van der Waals surface area contributed by atoms with E-state index in [1.54, 1.807) is 24.5 Å². The molecule has 1 aliphatic rings. The Balaban J connectivity index is 1.38. The summed E-state index contributed by atoms with van der Waals surface area (Å²) in [5.41, 5.74) is 10.5. The Kier molecular flexibility index (Phi) is 5.67. The highest BCUT2D eigenvalue weighted by Crippen LogP contribution is 2.28. The van der Waals surface area contributed by atoms with Gasteiger partial charge in [-0.25, -0.2) is 9.97 Å². The summed E-state index contributed by atoms with van der Waals surface area (Å²) in [5, 5.41) is 3.41. The van der Waals surface area contributed by atoms with Crippen molar-refractivity contribution in [2.75, 3.05) is 30.4 Å². The third-order valence-electron chi connectivity index (χ3n) is 6.65. The molecule has 34 heavy (non-hydrogen) atoms. The Morgan fingerprint density at radius 3 is 2.44 bits per heavy atom. The Morgan fingerprint density at radius 1 is 1.00 bits per heavy atom. The standard InChI is InChI=1S/C26H29N7O/c1-17-16-33(18(2)15-31(17)3)22-10-8-21(9-11-22)30-25-26-28-12-13-32(26)23(14-29-25)19-4-6-20(7-5-19)24(27)34/h4-14,17-18H,15-16H2,1-3H3,(H2,27,34)(H,29,30). The number of imidazole rings is 1. The Morgan fingerprint density at radius 2 is 1.74 bits per heavy atom. The SMILES string of the molecule is CC1CN(c2ccc(Nc3ncc(-c4ccc(C(N)=O)cc4)n4ccnc34)cc2)C(C)CN1C. The maximum Gasteiger partial charge on any atom is 0.248 e. The molecule has 5 rings (SSSR count). The van der Waals surface area contributed by atoms with Gasteiger partial charge in [0.05, 0.1) is 11.9 Å². The van der Waals surface area contributed by atoms with Gasteiger partial charge in [0.15, 0.2) is 11.5 Å². The molecule has 0 aliphatic carbocycles. The number of fused-ring (bicyclic) bond motifs is 1. The molecule has 1 aliphatic heterocycles. The van der Waals surface area contributed by atoms with Crippen LogP contribution in [-0.2, 0) is 0 Å². The van der Waals surface area contributed by atoms with Gasteiger partial charge in [-0.2, -0.15) is 0 Å². The lowest BCUT2D eigenvalue weighted by molar-refractivity contribution is 0.100. The van der Waals surface area contributed by atoms with Crippen LogP contribution in [0.4, 0.5) is 17.2 Å². The van der Waals surface area contributed by atoms with Gasteiger partial charge in [-0.1, -0.05) is 12.1 Å². The number of benzene rings is 2. The fraction of sp³-hybridized carbons (Fsp3) is 0.269. The van der Waals surface area contributed by atoms with E-state index in [1.165, 1.54) is 5.69 Å². The van der Waals surface area contributed by atoms with Crippen LogP contribution in [0.3, 0.4) is 0 Å². The first-order chi connectivity index (χ1) is 16.4. The van der Waals surface area contributed by atoms with Crippen molar-refractivity contribution in [3.05, 3.63) is 72.7 Å². The Hall–Kier alpha value is -3.91. The van der Waals surface area contributed by atoms with Gasteiger partial charge >= 0.3 is 0 Å². The second-order valence-electron chi connectivity index (χ2n) is 9.02. The van der Waals surface area contributed by atoms with Crippen molar-refractivity contribution in [2.45, 2.75) is 25.9 Å². The molecule has 174 valence electrons. The molecule has 3 N–H and O–H groups in total. The average molecular weight is 456 g/mol. The quantitative estimate of drug-likeness (QED) is 0.476. The highest BCUT2D eigenvalue weighted by molar-refractivity contribution is 5.93. The first-order valence-corrected chi connectivity index (χ1v) is 11.5. The summed E-state index contributed by atoms with van der Waals surface area (Å²) in [6.45, 7) is 6.62. The third kappa shape index (κ3) is 4.08. The summed E-state index contributed by atoms with van der Waals surface area (Å²) in [6.07, 6.45) is 5.46. The second kappa shape index (κ2) is 8.79. The average Bonchev–Trinajstić information content (AvgIpc) is 3.33. The molecule has 2 unspecified atom stereocenters. The second-order valence-corrected chi connectivity index (χ2v) is 9.02. The van der Waals surface area contributed by atoms with Gasteiger partial charge < -0.3 is 16.0 Å². The number of nitrogens with zero attached hydrogens (tertiary/aromatic N) is 5. The van der Waals surface area contributed by atoms with Crippen LogP contribution in [0.1, 0.15) is 24.2 Å². The van der Waals surface area contributed by atoms with Gasteiger partial charge in [-0.3, -0.25) is 14.1 Å². The number of primary amides is 1. The summed E-state index contributed by atoms with van der Waals surface area (Å²) in [6, 6.07) is 16.7. The summed E-state index contributed by atoms with van der Waals surface area (Å²) in [7, 11) is 2.19. The van der Waals surface area contributed by atoms with Crippen LogP contribution in [0.2, 0.25) is 0 Å². The zero-order valence-electron chi connectivity index (χ0n) is 19.6. The maximum atomic E-state index is 11.4. The van der Waals surface area contributed by atoms with Gasteiger partial charge in [0.2, 0.25) is 5.91 Å². The van der Waals surface area contributed by atoms with E-state index < -0.39 is 5.91 Å². The van der Waals surface area contributed by atoms with Crippen molar-refractivity contribution in [2.24, 2.45) is 5.73 Å². The van der Waals surface area contributed by atoms with E-state index in [1.807, 2.05) is 22.7 Å². The molecule has 0 radical (unpaired) electrons. The molecule has 0 spiro atoms. The van der Waals surface area contributed by atoms with Gasteiger partial charge in [0.1, 0.15) is 0 Å². The number of piperazine rings is 1. The number of nitrogens with two attached hydrogens (primary N) is 1. The lowest BCUT2D eigenvalue weighted by Gasteiger charge is -2.43. The van der Waals surface area contributed by atoms with E-state index in [9.17, 15) is 4.79 Å². The van der Waals surface area contributed by atoms with Gasteiger partial charge in [-0.05, 0) is 57.3 Å². The number of aromatic nitrogens is 3. The van der Waals surface area contributed by atoms with E-state index in [-0.39, 0.29) is 0 Å². The van der Waals surface area contributed by atoms with Crippen LogP contribution >= 0.6 is 0 Å². The summed E-state index contributed by atoms with van der Waals surface area (Å²) in [5.74, 6) is 0.233. The highest BCUT2D eigenvalue weighted by atomic mass is 16.1. The molecule has 0 saturated carbocycles. The molecule has 2 aromatic heterocycles. The molecule has 2 aromatic carbocycles. The molecule has 0 bridgehead atoms. The zero-order valence-corrected chi connectivity index (χ0v) is 19.6. The van der Waals surface area contributed by atoms with Crippen molar-refractivity contribution in [3.63, 3.8) is 0 Å². The smallest absolute Gasteiger partial charge is 0.248 e. The number of hydrogen-bond donors (Lipinski definition) is 2. The fourth-order valence-electron chi connectivity index (χ4n) is 4.56. The monoisotopic (exact) mass is 455 g/mol. The molecule has 2 atom stereocenters.